The summed E-state index contributed by atoms with van der Waals surface area (Å²) in [5, 5.41) is 3.76. The fraction of sp³-hybridized carbons (Fsp3) is 0.294. The number of aromatic nitrogens is 1. The number of amides is 1. The Morgan fingerprint density at radius 3 is 2.43 bits per heavy atom. The number of nitrogens with zero attached hydrogens (tertiary/aromatic N) is 1. The van der Waals surface area contributed by atoms with Crippen molar-refractivity contribution in [2.75, 3.05) is 18.0 Å². The molecule has 23 heavy (non-hydrogen) atoms. The van der Waals surface area contributed by atoms with Crippen LogP contribution in [0.2, 0.25) is 5.02 Å². The maximum atomic E-state index is 12.2. The Balaban J connectivity index is 1.54. The molecule has 1 aliphatic heterocycles. The first-order chi connectivity index (χ1) is 11.1. The van der Waals surface area contributed by atoms with Gasteiger partial charge < -0.3 is 15.2 Å². The third-order valence-electron chi connectivity index (χ3n) is 4.07. The van der Waals surface area contributed by atoms with Gasteiger partial charge in [0.2, 0.25) is 5.56 Å². The van der Waals surface area contributed by atoms with Crippen LogP contribution in [0.5, 0.6) is 0 Å². The van der Waals surface area contributed by atoms with E-state index >= 15 is 0 Å². The van der Waals surface area contributed by atoms with Crippen molar-refractivity contribution in [1.82, 2.24) is 10.3 Å². The van der Waals surface area contributed by atoms with Gasteiger partial charge in [0, 0.05) is 42.1 Å². The lowest BCUT2D eigenvalue weighted by Crippen LogP contribution is -2.44. The highest BCUT2D eigenvalue weighted by Gasteiger charge is 2.21. The lowest BCUT2D eigenvalue weighted by Gasteiger charge is -2.34. The van der Waals surface area contributed by atoms with Crippen LogP contribution in [-0.4, -0.2) is 30.0 Å². The molecule has 3 rings (SSSR count). The highest BCUT2D eigenvalue weighted by molar-refractivity contribution is 6.30. The minimum Gasteiger partial charge on any atom is -0.371 e. The summed E-state index contributed by atoms with van der Waals surface area (Å²) in [6, 6.07) is 10.9. The molecule has 0 saturated carbocycles. The van der Waals surface area contributed by atoms with E-state index in [1.54, 1.807) is 0 Å². The van der Waals surface area contributed by atoms with Gasteiger partial charge in [0.1, 0.15) is 0 Å². The molecule has 0 bridgehead atoms. The summed E-state index contributed by atoms with van der Waals surface area (Å²) in [4.78, 5) is 28.0. The number of hydrogen-bond acceptors (Lipinski definition) is 3. The topological polar surface area (TPSA) is 65.2 Å². The summed E-state index contributed by atoms with van der Waals surface area (Å²) in [7, 11) is 0. The number of nitrogens with one attached hydrogen (secondary N) is 2. The van der Waals surface area contributed by atoms with E-state index in [-0.39, 0.29) is 17.5 Å². The molecule has 0 unspecified atom stereocenters. The van der Waals surface area contributed by atoms with Gasteiger partial charge in [0.25, 0.3) is 5.91 Å². The first kappa shape index (κ1) is 15.6. The highest BCUT2D eigenvalue weighted by atomic mass is 35.5. The zero-order valence-electron chi connectivity index (χ0n) is 12.6. The number of benzene rings is 1. The van der Waals surface area contributed by atoms with Gasteiger partial charge in [-0.25, -0.2) is 0 Å². The van der Waals surface area contributed by atoms with Crippen LogP contribution >= 0.6 is 11.6 Å². The van der Waals surface area contributed by atoms with Crippen LogP contribution in [-0.2, 0) is 0 Å². The number of anilines is 1. The van der Waals surface area contributed by atoms with E-state index in [2.05, 4.69) is 15.2 Å². The number of aromatic amines is 1. The monoisotopic (exact) mass is 331 g/mol. The van der Waals surface area contributed by atoms with E-state index in [4.69, 9.17) is 11.6 Å². The van der Waals surface area contributed by atoms with Crippen LogP contribution in [0.3, 0.4) is 0 Å². The molecule has 2 N–H and O–H groups in total. The van der Waals surface area contributed by atoms with Crippen molar-refractivity contribution >= 4 is 23.2 Å². The fourth-order valence-electron chi connectivity index (χ4n) is 2.75. The second kappa shape index (κ2) is 6.87. The lowest BCUT2D eigenvalue weighted by atomic mass is 10.0. The van der Waals surface area contributed by atoms with Crippen LogP contribution in [0.4, 0.5) is 5.69 Å². The minimum atomic E-state index is -0.210. The van der Waals surface area contributed by atoms with Crippen molar-refractivity contribution in [3.63, 3.8) is 0 Å². The second-order valence-electron chi connectivity index (χ2n) is 5.65. The molecule has 2 heterocycles. The number of piperidine rings is 1. The average molecular weight is 332 g/mol. The van der Waals surface area contributed by atoms with Gasteiger partial charge in [-0.1, -0.05) is 11.6 Å². The van der Waals surface area contributed by atoms with E-state index in [1.165, 1.54) is 18.3 Å². The van der Waals surface area contributed by atoms with Gasteiger partial charge >= 0.3 is 0 Å². The molecule has 5 nitrogen and oxygen atoms in total. The molecule has 1 aromatic carbocycles. The Kier molecular flexibility index (Phi) is 4.67. The zero-order chi connectivity index (χ0) is 16.2. The molecule has 0 spiro atoms. The van der Waals surface area contributed by atoms with Gasteiger partial charge in [-0.2, -0.15) is 0 Å². The molecule has 0 aliphatic carbocycles. The van der Waals surface area contributed by atoms with Gasteiger partial charge in [0.05, 0.1) is 5.56 Å². The molecule has 1 amide bonds. The van der Waals surface area contributed by atoms with Gasteiger partial charge in [0.15, 0.2) is 0 Å². The van der Waals surface area contributed by atoms with Crippen LogP contribution in [0.25, 0.3) is 0 Å². The summed E-state index contributed by atoms with van der Waals surface area (Å²) < 4.78 is 0. The maximum Gasteiger partial charge on any atom is 0.252 e. The van der Waals surface area contributed by atoms with Gasteiger partial charge in [-0.05, 0) is 43.2 Å². The highest BCUT2D eigenvalue weighted by Crippen LogP contribution is 2.22. The Morgan fingerprint density at radius 1 is 1.13 bits per heavy atom. The Hall–Kier alpha value is -2.27. The Bertz CT molecular complexity index is 714. The van der Waals surface area contributed by atoms with Crippen LogP contribution in [0.15, 0.2) is 47.4 Å². The van der Waals surface area contributed by atoms with Crippen LogP contribution < -0.4 is 15.8 Å². The fourth-order valence-corrected chi connectivity index (χ4v) is 2.88. The number of pyridine rings is 1. The molecule has 0 radical (unpaired) electrons. The molecule has 0 atom stereocenters. The second-order valence-corrected chi connectivity index (χ2v) is 6.09. The maximum absolute atomic E-state index is 12.2. The molecule has 1 fully saturated rings. The quantitative estimate of drug-likeness (QED) is 0.908. The summed E-state index contributed by atoms with van der Waals surface area (Å²) in [6.45, 7) is 1.77. The van der Waals surface area contributed by atoms with Crippen molar-refractivity contribution in [2.45, 2.75) is 18.9 Å². The molecule has 120 valence electrons. The van der Waals surface area contributed by atoms with Crippen molar-refractivity contribution in [3.8, 4) is 0 Å². The van der Waals surface area contributed by atoms with E-state index in [1.807, 2.05) is 24.3 Å². The SMILES string of the molecule is O=C(NC1CCN(c2ccc(Cl)cc2)CC1)c1ccc(=O)[nH]c1. The minimum absolute atomic E-state index is 0.147. The molecule has 2 aromatic rings. The van der Waals surface area contributed by atoms with E-state index in [9.17, 15) is 9.59 Å². The molecule has 6 heteroatoms. The standard InChI is InChI=1S/C17H18ClN3O2/c18-13-2-4-15(5-3-13)21-9-7-14(8-10-21)20-17(23)12-1-6-16(22)19-11-12/h1-6,11,14H,7-10H2,(H,19,22)(H,20,23). The van der Waals surface area contributed by atoms with Crippen LogP contribution in [0.1, 0.15) is 23.2 Å². The average Bonchev–Trinajstić information content (AvgIpc) is 2.57. The lowest BCUT2D eigenvalue weighted by molar-refractivity contribution is 0.0930. The van der Waals surface area contributed by atoms with Crippen LogP contribution in [0, 0.1) is 0 Å². The first-order valence-corrected chi connectivity index (χ1v) is 8.00. The van der Waals surface area contributed by atoms with E-state index < -0.39 is 0 Å². The van der Waals surface area contributed by atoms with Crippen molar-refractivity contribution in [2.24, 2.45) is 0 Å². The van der Waals surface area contributed by atoms with E-state index in [0.29, 0.717) is 5.56 Å². The van der Waals surface area contributed by atoms with Gasteiger partial charge in [-0.15, -0.1) is 0 Å². The smallest absolute Gasteiger partial charge is 0.252 e. The number of halogens is 1. The number of hydrogen-bond donors (Lipinski definition) is 2. The number of rotatable bonds is 3. The summed E-state index contributed by atoms with van der Waals surface area (Å²) >= 11 is 5.91. The third kappa shape index (κ3) is 3.93. The molecule has 1 saturated heterocycles. The molecular weight excluding hydrogens is 314 g/mol. The summed E-state index contributed by atoms with van der Waals surface area (Å²) in [5.41, 5.74) is 1.42. The van der Waals surface area contributed by atoms with Crippen molar-refractivity contribution in [3.05, 3.63) is 63.5 Å². The zero-order valence-corrected chi connectivity index (χ0v) is 13.3. The Labute approximate surface area is 139 Å². The molecular formula is C17H18ClN3O2. The van der Waals surface area contributed by atoms with Gasteiger partial charge in [-0.3, -0.25) is 9.59 Å². The first-order valence-electron chi connectivity index (χ1n) is 7.62. The van der Waals surface area contributed by atoms with Crippen molar-refractivity contribution in [1.29, 1.82) is 0 Å². The number of carbonyl (C=O) groups is 1. The summed E-state index contributed by atoms with van der Waals surface area (Å²) in [6.07, 6.45) is 3.22. The number of carbonyl (C=O) groups excluding carboxylic acids is 1. The number of H-pyrrole nitrogens is 1. The predicted molar refractivity (Wildman–Crippen MR) is 91.2 cm³/mol. The third-order valence-corrected chi connectivity index (χ3v) is 4.32. The molecule has 1 aromatic heterocycles. The summed E-state index contributed by atoms with van der Waals surface area (Å²) in [5.74, 6) is -0.147. The normalized spacial score (nSPS) is 15.4. The van der Waals surface area contributed by atoms with E-state index in [0.717, 1.165) is 36.6 Å². The Morgan fingerprint density at radius 2 is 1.83 bits per heavy atom. The molecule has 1 aliphatic rings. The largest absolute Gasteiger partial charge is 0.371 e. The predicted octanol–water partition coefficient (Wildman–Crippen LogP) is 2.43. The van der Waals surface area contributed by atoms with Crippen molar-refractivity contribution < 1.29 is 4.79 Å².